The summed E-state index contributed by atoms with van der Waals surface area (Å²) in [7, 11) is 0. The fourth-order valence-electron chi connectivity index (χ4n) is 3.01. The lowest BCUT2D eigenvalue weighted by atomic mass is 10.1. The maximum absolute atomic E-state index is 13.2. The summed E-state index contributed by atoms with van der Waals surface area (Å²) >= 11 is 0. The molecule has 2 heterocycles. The maximum atomic E-state index is 13.2. The molecule has 2 aromatic heterocycles. The van der Waals surface area contributed by atoms with E-state index >= 15 is 0 Å². The first-order valence-corrected chi connectivity index (χ1v) is 9.00. The van der Waals surface area contributed by atoms with Crippen molar-refractivity contribution in [3.63, 3.8) is 0 Å². The lowest BCUT2D eigenvalue weighted by Gasteiger charge is -2.10. The van der Waals surface area contributed by atoms with Crippen LogP contribution in [0.3, 0.4) is 0 Å². The Kier molecular flexibility index (Phi) is 4.61. The zero-order valence-corrected chi connectivity index (χ0v) is 15.9. The van der Waals surface area contributed by atoms with Crippen LogP contribution in [0.15, 0.2) is 60.9 Å². The summed E-state index contributed by atoms with van der Waals surface area (Å²) in [6.07, 6.45) is 3.62. The summed E-state index contributed by atoms with van der Waals surface area (Å²) in [6.45, 7) is 6.07. The van der Waals surface area contributed by atoms with Gasteiger partial charge in [0.25, 0.3) is 0 Å². The molecule has 0 aliphatic heterocycles. The molecule has 4 aromatic rings. The minimum absolute atomic E-state index is 0.272. The third-order valence-corrected chi connectivity index (χ3v) is 4.77. The summed E-state index contributed by atoms with van der Waals surface area (Å²) in [5, 5.41) is 7.84. The summed E-state index contributed by atoms with van der Waals surface area (Å²) in [6, 6.07) is 14.2. The van der Waals surface area contributed by atoms with E-state index in [0.717, 1.165) is 33.9 Å². The molecule has 0 saturated carbocycles. The number of hydrogen-bond donors (Lipinski definition) is 1. The second kappa shape index (κ2) is 7.23. The molecule has 4 rings (SSSR count). The van der Waals surface area contributed by atoms with Crippen LogP contribution in [0.25, 0.3) is 16.9 Å². The van der Waals surface area contributed by atoms with Crippen LogP contribution in [0.4, 0.5) is 16.0 Å². The Hall–Kier alpha value is -3.54. The third-order valence-electron chi connectivity index (χ3n) is 4.77. The topological polar surface area (TPSA) is 55.6 Å². The lowest BCUT2D eigenvalue weighted by Crippen LogP contribution is -2.00. The number of aryl methyl sites for hydroxylation is 2. The fraction of sp³-hybridized carbons (Fsp3) is 0.136. The molecule has 0 amide bonds. The highest BCUT2D eigenvalue weighted by Crippen LogP contribution is 2.25. The highest BCUT2D eigenvalue weighted by atomic mass is 19.1. The zero-order chi connectivity index (χ0) is 19.7. The molecule has 0 radical (unpaired) electrons. The van der Waals surface area contributed by atoms with Crippen LogP contribution >= 0.6 is 0 Å². The van der Waals surface area contributed by atoms with E-state index in [0.29, 0.717) is 5.95 Å². The molecule has 0 atom stereocenters. The molecule has 28 heavy (non-hydrogen) atoms. The van der Waals surface area contributed by atoms with Crippen LogP contribution in [0.2, 0.25) is 0 Å². The van der Waals surface area contributed by atoms with Gasteiger partial charge in [-0.15, -0.1) is 0 Å². The first-order chi connectivity index (χ1) is 13.5. The van der Waals surface area contributed by atoms with Crippen molar-refractivity contribution in [3.8, 4) is 16.9 Å². The second-order valence-corrected chi connectivity index (χ2v) is 6.69. The summed E-state index contributed by atoms with van der Waals surface area (Å²) in [5.74, 6) is 0.256. The van der Waals surface area contributed by atoms with Crippen LogP contribution in [-0.4, -0.2) is 19.7 Å². The van der Waals surface area contributed by atoms with Crippen molar-refractivity contribution in [2.24, 2.45) is 0 Å². The number of aromatic nitrogens is 4. The number of rotatable bonds is 4. The highest BCUT2D eigenvalue weighted by molar-refractivity contribution is 5.65. The lowest BCUT2D eigenvalue weighted by molar-refractivity contribution is 0.627. The van der Waals surface area contributed by atoms with Gasteiger partial charge in [-0.1, -0.05) is 12.1 Å². The first-order valence-electron chi connectivity index (χ1n) is 9.00. The number of anilines is 2. The van der Waals surface area contributed by atoms with Crippen LogP contribution in [0.1, 0.15) is 16.8 Å². The molecule has 140 valence electrons. The molecular formula is C22H20FN5. The van der Waals surface area contributed by atoms with Gasteiger partial charge in [-0.25, -0.2) is 19.0 Å². The Bertz CT molecular complexity index is 1130. The van der Waals surface area contributed by atoms with Crippen molar-refractivity contribution >= 4 is 11.6 Å². The van der Waals surface area contributed by atoms with Gasteiger partial charge in [0.05, 0.1) is 17.1 Å². The Morgan fingerprint density at radius 2 is 1.75 bits per heavy atom. The first kappa shape index (κ1) is 17.9. The molecular weight excluding hydrogens is 353 g/mol. The number of halogens is 1. The fourth-order valence-corrected chi connectivity index (χ4v) is 3.01. The summed E-state index contributed by atoms with van der Waals surface area (Å²) < 4.78 is 14.9. The van der Waals surface area contributed by atoms with Crippen molar-refractivity contribution in [1.29, 1.82) is 0 Å². The largest absolute Gasteiger partial charge is 0.324 e. The molecule has 0 saturated heterocycles. The smallest absolute Gasteiger partial charge is 0.227 e. The minimum Gasteiger partial charge on any atom is -0.324 e. The van der Waals surface area contributed by atoms with Crippen molar-refractivity contribution in [2.75, 3.05) is 5.32 Å². The average molecular weight is 373 g/mol. The van der Waals surface area contributed by atoms with Gasteiger partial charge in [-0.3, -0.25) is 0 Å². The van der Waals surface area contributed by atoms with Gasteiger partial charge < -0.3 is 5.32 Å². The molecule has 2 aromatic carbocycles. The van der Waals surface area contributed by atoms with Crippen LogP contribution in [-0.2, 0) is 0 Å². The molecule has 5 nitrogen and oxygen atoms in total. The standard InChI is InChI=1S/C22H20FN5/c1-14-5-4-6-20(15(14)2)25-22-24-12-11-21(26-22)19-13-28(27-16(19)3)18-9-7-17(23)8-10-18/h4-13H,1-3H3,(H,24,25,26). The van der Waals surface area contributed by atoms with Crippen molar-refractivity contribution in [2.45, 2.75) is 20.8 Å². The minimum atomic E-state index is -0.272. The second-order valence-electron chi connectivity index (χ2n) is 6.69. The molecule has 0 aliphatic rings. The van der Waals surface area contributed by atoms with Crippen molar-refractivity contribution < 1.29 is 4.39 Å². The number of hydrogen-bond acceptors (Lipinski definition) is 4. The molecule has 0 fully saturated rings. The van der Waals surface area contributed by atoms with E-state index < -0.39 is 0 Å². The van der Waals surface area contributed by atoms with Gasteiger partial charge in [0.15, 0.2) is 0 Å². The Balaban J connectivity index is 1.66. The van der Waals surface area contributed by atoms with Gasteiger partial charge in [0.2, 0.25) is 5.95 Å². The average Bonchev–Trinajstić information content (AvgIpc) is 3.08. The van der Waals surface area contributed by atoms with Crippen LogP contribution < -0.4 is 5.32 Å². The number of benzene rings is 2. The predicted octanol–water partition coefficient (Wildman–Crippen LogP) is 5.14. The van der Waals surface area contributed by atoms with Crippen molar-refractivity contribution in [3.05, 3.63) is 83.6 Å². The maximum Gasteiger partial charge on any atom is 0.227 e. The SMILES string of the molecule is Cc1cccc(Nc2nccc(-c3cn(-c4ccc(F)cc4)nc3C)n2)c1C. The van der Waals surface area contributed by atoms with Crippen LogP contribution in [0.5, 0.6) is 0 Å². The molecule has 0 aliphatic carbocycles. The van der Waals surface area contributed by atoms with Gasteiger partial charge in [0.1, 0.15) is 5.82 Å². The van der Waals surface area contributed by atoms with E-state index in [1.54, 1.807) is 23.0 Å². The van der Waals surface area contributed by atoms with Gasteiger partial charge in [-0.05, 0) is 68.3 Å². The molecule has 0 spiro atoms. The van der Waals surface area contributed by atoms with E-state index in [2.05, 4.69) is 40.3 Å². The van der Waals surface area contributed by atoms with E-state index in [1.165, 1.54) is 17.7 Å². The highest BCUT2D eigenvalue weighted by Gasteiger charge is 2.12. The van der Waals surface area contributed by atoms with Gasteiger partial charge >= 0.3 is 0 Å². The molecule has 1 N–H and O–H groups in total. The monoisotopic (exact) mass is 373 g/mol. The predicted molar refractivity (Wildman–Crippen MR) is 108 cm³/mol. The van der Waals surface area contributed by atoms with Crippen molar-refractivity contribution in [1.82, 2.24) is 19.7 Å². The normalized spacial score (nSPS) is 10.9. The van der Waals surface area contributed by atoms with E-state index in [-0.39, 0.29) is 5.82 Å². The molecule has 0 bridgehead atoms. The zero-order valence-electron chi connectivity index (χ0n) is 15.9. The Labute approximate surface area is 162 Å². The molecule has 0 unspecified atom stereocenters. The summed E-state index contributed by atoms with van der Waals surface area (Å²) in [5.41, 5.74) is 6.65. The van der Waals surface area contributed by atoms with Gasteiger partial charge in [-0.2, -0.15) is 5.10 Å². The van der Waals surface area contributed by atoms with Gasteiger partial charge in [0, 0.05) is 23.6 Å². The quantitative estimate of drug-likeness (QED) is 0.538. The number of nitrogens with one attached hydrogen (secondary N) is 1. The van der Waals surface area contributed by atoms with Crippen LogP contribution in [0, 0.1) is 26.6 Å². The Morgan fingerprint density at radius 1 is 0.964 bits per heavy atom. The third kappa shape index (κ3) is 3.49. The Morgan fingerprint density at radius 3 is 2.54 bits per heavy atom. The number of nitrogens with zero attached hydrogens (tertiary/aromatic N) is 4. The summed E-state index contributed by atoms with van der Waals surface area (Å²) in [4.78, 5) is 9.00. The van der Waals surface area contributed by atoms with E-state index in [4.69, 9.17) is 0 Å². The van der Waals surface area contributed by atoms with E-state index in [9.17, 15) is 4.39 Å². The van der Waals surface area contributed by atoms with E-state index in [1.807, 2.05) is 31.3 Å². The molecule has 6 heteroatoms.